The van der Waals surface area contributed by atoms with Crippen LogP contribution in [0.2, 0.25) is 0 Å². The summed E-state index contributed by atoms with van der Waals surface area (Å²) in [7, 11) is 1.60. The van der Waals surface area contributed by atoms with Crippen LogP contribution in [0.1, 0.15) is 24.2 Å². The molecule has 0 saturated carbocycles. The predicted octanol–water partition coefficient (Wildman–Crippen LogP) is 2.68. The van der Waals surface area contributed by atoms with Gasteiger partial charge in [-0.1, -0.05) is 0 Å². The summed E-state index contributed by atoms with van der Waals surface area (Å²) in [6.45, 7) is 0. The van der Waals surface area contributed by atoms with Gasteiger partial charge in [0.1, 0.15) is 17.1 Å². The second kappa shape index (κ2) is 3.91. The van der Waals surface area contributed by atoms with E-state index in [4.69, 9.17) is 9.15 Å². The molecule has 88 valence electrons. The lowest BCUT2D eigenvalue weighted by atomic mass is 9.96. The zero-order chi connectivity index (χ0) is 11.8. The number of hydrogen-bond donors (Lipinski definition) is 0. The van der Waals surface area contributed by atoms with Crippen molar-refractivity contribution >= 4 is 11.0 Å². The topological polar surface area (TPSA) is 39.4 Å². The Labute approximate surface area is 99.0 Å². The highest BCUT2D eigenvalue weighted by atomic mass is 16.5. The molecule has 0 N–H and O–H groups in total. The number of hydrogen-bond acceptors (Lipinski definition) is 3. The maximum absolute atomic E-state index is 12.3. The molecule has 1 aromatic carbocycles. The Morgan fingerprint density at radius 2 is 2.06 bits per heavy atom. The molecule has 1 aromatic heterocycles. The Bertz CT molecular complexity index is 625. The molecule has 0 aliphatic heterocycles. The van der Waals surface area contributed by atoms with Crippen molar-refractivity contribution in [1.82, 2.24) is 0 Å². The Morgan fingerprint density at radius 3 is 2.88 bits per heavy atom. The summed E-state index contributed by atoms with van der Waals surface area (Å²) in [6, 6.07) is 5.39. The van der Waals surface area contributed by atoms with E-state index in [0.29, 0.717) is 16.7 Å². The number of ether oxygens (including phenoxy) is 1. The maximum atomic E-state index is 12.3. The minimum Gasteiger partial charge on any atom is -0.497 e. The van der Waals surface area contributed by atoms with Gasteiger partial charge in [0.2, 0.25) is 0 Å². The molecule has 0 radical (unpaired) electrons. The van der Waals surface area contributed by atoms with Gasteiger partial charge < -0.3 is 9.15 Å². The molecule has 3 nitrogen and oxygen atoms in total. The fourth-order valence-electron chi connectivity index (χ4n) is 2.43. The molecule has 1 aliphatic rings. The Hall–Kier alpha value is -1.77. The molecule has 0 bridgehead atoms. The molecular formula is C14H14O3. The molecule has 0 unspecified atom stereocenters. The van der Waals surface area contributed by atoms with E-state index in [-0.39, 0.29) is 5.43 Å². The van der Waals surface area contributed by atoms with Gasteiger partial charge in [0.15, 0.2) is 5.43 Å². The standard InChI is InChI=1S/C14H14O3/c1-16-9-6-7-13-11(8-9)14(15)10-4-2-3-5-12(10)17-13/h6-8H,2-5H2,1H3. The van der Waals surface area contributed by atoms with E-state index in [0.717, 1.165) is 37.0 Å². The minimum absolute atomic E-state index is 0.111. The number of methoxy groups -OCH3 is 1. The molecule has 3 rings (SSSR count). The number of benzene rings is 1. The van der Waals surface area contributed by atoms with Gasteiger partial charge in [-0.25, -0.2) is 0 Å². The van der Waals surface area contributed by atoms with Crippen molar-refractivity contribution < 1.29 is 9.15 Å². The van der Waals surface area contributed by atoms with E-state index in [2.05, 4.69) is 0 Å². The molecule has 0 saturated heterocycles. The normalized spacial score (nSPS) is 14.6. The SMILES string of the molecule is COc1ccc2oc3c(c(=O)c2c1)CCCC3. The summed E-state index contributed by atoms with van der Waals surface area (Å²) in [5, 5.41) is 0.630. The molecule has 0 spiro atoms. The second-order valence-corrected chi connectivity index (χ2v) is 4.40. The highest BCUT2D eigenvalue weighted by Crippen LogP contribution is 2.25. The zero-order valence-electron chi connectivity index (χ0n) is 9.79. The van der Waals surface area contributed by atoms with Crippen molar-refractivity contribution in [2.45, 2.75) is 25.7 Å². The largest absolute Gasteiger partial charge is 0.497 e. The zero-order valence-corrected chi connectivity index (χ0v) is 9.79. The van der Waals surface area contributed by atoms with E-state index in [1.807, 2.05) is 12.1 Å². The van der Waals surface area contributed by atoms with Crippen molar-refractivity contribution in [2.75, 3.05) is 7.11 Å². The molecule has 2 aromatic rings. The third-order valence-corrected chi connectivity index (χ3v) is 3.36. The summed E-state index contributed by atoms with van der Waals surface area (Å²) in [5.41, 5.74) is 1.63. The number of fused-ring (bicyclic) bond motifs is 2. The van der Waals surface area contributed by atoms with Crippen LogP contribution in [0.3, 0.4) is 0 Å². The smallest absolute Gasteiger partial charge is 0.196 e. The monoisotopic (exact) mass is 230 g/mol. The van der Waals surface area contributed by atoms with Crippen molar-refractivity contribution in [2.24, 2.45) is 0 Å². The molecule has 1 aliphatic carbocycles. The Morgan fingerprint density at radius 1 is 1.24 bits per heavy atom. The van der Waals surface area contributed by atoms with E-state index in [9.17, 15) is 4.79 Å². The molecule has 1 heterocycles. The van der Waals surface area contributed by atoms with Gasteiger partial charge in [-0.2, -0.15) is 0 Å². The average Bonchev–Trinajstić information content (AvgIpc) is 2.39. The van der Waals surface area contributed by atoms with Crippen molar-refractivity contribution in [3.63, 3.8) is 0 Å². The van der Waals surface area contributed by atoms with Crippen molar-refractivity contribution in [1.29, 1.82) is 0 Å². The fraction of sp³-hybridized carbons (Fsp3) is 0.357. The van der Waals surface area contributed by atoms with E-state index in [1.54, 1.807) is 13.2 Å². The first kappa shape index (κ1) is 10.4. The third-order valence-electron chi connectivity index (χ3n) is 3.36. The Kier molecular flexibility index (Phi) is 2.39. The van der Waals surface area contributed by atoms with Crippen LogP contribution in [0, 0.1) is 0 Å². The molecule has 0 atom stereocenters. The number of rotatable bonds is 1. The molecule has 17 heavy (non-hydrogen) atoms. The van der Waals surface area contributed by atoms with Crippen LogP contribution in [-0.4, -0.2) is 7.11 Å². The first-order valence-corrected chi connectivity index (χ1v) is 5.92. The van der Waals surface area contributed by atoms with Gasteiger partial charge in [-0.15, -0.1) is 0 Å². The maximum Gasteiger partial charge on any atom is 0.196 e. The van der Waals surface area contributed by atoms with Crippen LogP contribution in [0.5, 0.6) is 5.75 Å². The van der Waals surface area contributed by atoms with Crippen molar-refractivity contribution in [3.8, 4) is 5.75 Å². The predicted molar refractivity (Wildman–Crippen MR) is 65.7 cm³/mol. The van der Waals surface area contributed by atoms with Gasteiger partial charge in [-0.05, 0) is 37.5 Å². The number of aryl methyl sites for hydroxylation is 1. The van der Waals surface area contributed by atoms with Gasteiger partial charge in [0.05, 0.1) is 12.5 Å². The van der Waals surface area contributed by atoms with Crippen LogP contribution in [-0.2, 0) is 12.8 Å². The first-order valence-electron chi connectivity index (χ1n) is 5.92. The van der Waals surface area contributed by atoms with Crippen molar-refractivity contribution in [3.05, 3.63) is 39.7 Å². The molecule has 3 heteroatoms. The van der Waals surface area contributed by atoms with Crippen LogP contribution in [0.15, 0.2) is 27.4 Å². The van der Waals surface area contributed by atoms with Gasteiger partial charge in [0.25, 0.3) is 0 Å². The molecule has 0 amide bonds. The summed E-state index contributed by atoms with van der Waals surface area (Å²) >= 11 is 0. The summed E-state index contributed by atoms with van der Waals surface area (Å²) in [4.78, 5) is 12.3. The van der Waals surface area contributed by atoms with E-state index in [1.165, 1.54) is 0 Å². The average molecular weight is 230 g/mol. The summed E-state index contributed by atoms with van der Waals surface area (Å²) < 4.78 is 10.9. The minimum atomic E-state index is 0.111. The van der Waals surface area contributed by atoms with E-state index >= 15 is 0 Å². The summed E-state index contributed by atoms with van der Waals surface area (Å²) in [5.74, 6) is 1.57. The van der Waals surface area contributed by atoms with Crippen LogP contribution < -0.4 is 10.2 Å². The quantitative estimate of drug-likeness (QED) is 0.756. The van der Waals surface area contributed by atoms with Gasteiger partial charge in [0, 0.05) is 12.0 Å². The highest BCUT2D eigenvalue weighted by Gasteiger charge is 2.17. The second-order valence-electron chi connectivity index (χ2n) is 4.40. The summed E-state index contributed by atoms with van der Waals surface area (Å²) in [6.07, 6.45) is 3.90. The highest BCUT2D eigenvalue weighted by molar-refractivity contribution is 5.79. The lowest BCUT2D eigenvalue weighted by molar-refractivity contribution is 0.414. The van der Waals surface area contributed by atoms with Crippen LogP contribution in [0.4, 0.5) is 0 Å². The van der Waals surface area contributed by atoms with Gasteiger partial charge in [-0.3, -0.25) is 4.79 Å². The molecule has 0 fully saturated rings. The third kappa shape index (κ3) is 1.62. The lowest BCUT2D eigenvalue weighted by Gasteiger charge is -2.14. The lowest BCUT2D eigenvalue weighted by Crippen LogP contribution is -2.16. The van der Waals surface area contributed by atoms with Crippen LogP contribution in [0.25, 0.3) is 11.0 Å². The first-order chi connectivity index (χ1) is 8.29. The van der Waals surface area contributed by atoms with Crippen LogP contribution >= 0.6 is 0 Å². The van der Waals surface area contributed by atoms with E-state index < -0.39 is 0 Å². The Balaban J connectivity index is 2.33. The van der Waals surface area contributed by atoms with Gasteiger partial charge >= 0.3 is 0 Å². The fourth-order valence-corrected chi connectivity index (χ4v) is 2.43. The molecular weight excluding hydrogens is 216 g/mol.